The van der Waals surface area contributed by atoms with Gasteiger partial charge in [0.15, 0.2) is 17.1 Å². The first kappa shape index (κ1) is 24.0. The van der Waals surface area contributed by atoms with E-state index in [9.17, 15) is 14.4 Å². The number of aromatic nitrogens is 2. The van der Waals surface area contributed by atoms with Crippen LogP contribution in [-0.2, 0) is 11.4 Å². The van der Waals surface area contributed by atoms with Crippen LogP contribution in [0.25, 0.3) is 5.65 Å². The molecule has 188 valence electrons. The van der Waals surface area contributed by atoms with Crippen LogP contribution in [0.4, 0.5) is 11.4 Å². The third kappa shape index (κ3) is 4.70. The predicted octanol–water partition coefficient (Wildman–Crippen LogP) is 2.74. The van der Waals surface area contributed by atoms with Crippen LogP contribution in [0.3, 0.4) is 0 Å². The van der Waals surface area contributed by atoms with Crippen LogP contribution in [0.5, 0.6) is 5.75 Å². The molecule has 0 N–H and O–H groups in total. The number of likely N-dealkylation sites (N-methyl/N-ethyl adjacent to an activating group) is 1. The van der Waals surface area contributed by atoms with Crippen molar-refractivity contribution >= 4 is 28.7 Å². The van der Waals surface area contributed by atoms with E-state index in [2.05, 4.69) is 21.8 Å². The molecule has 4 heterocycles. The first-order valence-corrected chi connectivity index (χ1v) is 12.4. The van der Waals surface area contributed by atoms with Crippen molar-refractivity contribution in [3.05, 3.63) is 64.2 Å². The largest absolute Gasteiger partial charge is 0.481 e. The number of pyridine rings is 1. The highest BCUT2D eigenvalue weighted by molar-refractivity contribution is 6.00. The van der Waals surface area contributed by atoms with Crippen molar-refractivity contribution in [2.45, 2.75) is 32.8 Å². The van der Waals surface area contributed by atoms with Crippen LogP contribution in [0.1, 0.15) is 42.2 Å². The van der Waals surface area contributed by atoms with Gasteiger partial charge < -0.3 is 19.4 Å². The molecule has 1 aromatic carbocycles. The van der Waals surface area contributed by atoms with E-state index in [4.69, 9.17) is 4.74 Å². The summed E-state index contributed by atoms with van der Waals surface area (Å²) < 4.78 is 7.35. The van der Waals surface area contributed by atoms with Gasteiger partial charge in [-0.3, -0.25) is 18.8 Å². The molecule has 0 bridgehead atoms. The molecule has 36 heavy (non-hydrogen) atoms. The van der Waals surface area contributed by atoms with Crippen molar-refractivity contribution in [3.8, 4) is 5.75 Å². The highest BCUT2D eigenvalue weighted by Crippen LogP contribution is 2.31. The Labute approximate surface area is 209 Å². The van der Waals surface area contributed by atoms with Gasteiger partial charge in [0.1, 0.15) is 6.61 Å². The molecule has 0 atom stereocenters. The highest BCUT2D eigenvalue weighted by Gasteiger charge is 2.27. The van der Waals surface area contributed by atoms with E-state index in [1.165, 1.54) is 11.3 Å². The Bertz CT molecular complexity index is 1350. The number of carbonyl (C=O) groups excluding carboxylic acids is 2. The van der Waals surface area contributed by atoms with Crippen LogP contribution in [0.15, 0.2) is 47.4 Å². The van der Waals surface area contributed by atoms with Gasteiger partial charge in [0.05, 0.1) is 11.4 Å². The maximum atomic E-state index is 13.8. The first-order valence-electron chi connectivity index (χ1n) is 12.4. The smallest absolute Gasteiger partial charge is 0.301 e. The van der Waals surface area contributed by atoms with Crippen molar-refractivity contribution in [2.24, 2.45) is 0 Å². The fraction of sp³-hybridized carbons (Fsp3) is 0.407. The number of anilines is 2. The molecule has 0 saturated carbocycles. The zero-order valence-corrected chi connectivity index (χ0v) is 20.8. The number of ether oxygens (including phenoxy) is 1. The minimum Gasteiger partial charge on any atom is -0.481 e. The SMILES string of the molecule is CC(=O)c1nc2c(N3CCCCC3=O)cc(N3CCN(C)CC3)cn2c(=O)c1OCc1ccccc1. The number of piperidine rings is 1. The lowest BCUT2D eigenvalue weighted by atomic mass is 10.1. The minimum atomic E-state index is -0.456. The molecule has 2 aliphatic rings. The topological polar surface area (TPSA) is 87.5 Å². The Morgan fingerprint density at radius 3 is 2.47 bits per heavy atom. The Kier molecular flexibility index (Phi) is 6.73. The maximum Gasteiger partial charge on any atom is 0.301 e. The number of fused-ring (bicyclic) bond motifs is 1. The zero-order valence-electron chi connectivity index (χ0n) is 20.8. The Morgan fingerprint density at radius 2 is 1.78 bits per heavy atom. The van der Waals surface area contributed by atoms with E-state index in [-0.39, 0.29) is 29.7 Å². The van der Waals surface area contributed by atoms with Gasteiger partial charge in [0.2, 0.25) is 11.7 Å². The molecule has 0 unspecified atom stereocenters. The van der Waals surface area contributed by atoms with Gasteiger partial charge in [0.25, 0.3) is 0 Å². The molecule has 2 aromatic heterocycles. The number of ketones is 1. The number of amides is 1. The molecule has 9 nitrogen and oxygen atoms in total. The molecule has 9 heteroatoms. The molecule has 2 fully saturated rings. The summed E-state index contributed by atoms with van der Waals surface area (Å²) in [4.78, 5) is 50.1. The Hall–Kier alpha value is -3.72. The first-order chi connectivity index (χ1) is 17.4. The van der Waals surface area contributed by atoms with Gasteiger partial charge >= 0.3 is 5.56 Å². The molecule has 0 aliphatic carbocycles. The average Bonchev–Trinajstić information content (AvgIpc) is 2.89. The van der Waals surface area contributed by atoms with Gasteiger partial charge in [0, 0.05) is 52.3 Å². The standard InChI is InChI=1S/C27H31N5O4/c1-19(33)24-25(36-18-20-8-4-3-5-9-20)27(35)32-17-21(30-14-12-29(2)13-15-30)16-22(26(32)28-24)31-11-7-6-10-23(31)34/h3-5,8-9,16-17H,6-7,10-15,18H2,1-2H3. The molecule has 3 aromatic rings. The number of piperazine rings is 1. The molecule has 2 saturated heterocycles. The molecule has 5 rings (SSSR count). The molecule has 0 radical (unpaired) electrons. The summed E-state index contributed by atoms with van der Waals surface area (Å²) in [6.45, 7) is 5.48. The second kappa shape index (κ2) is 10.1. The molecular weight excluding hydrogens is 458 g/mol. The van der Waals surface area contributed by atoms with E-state index >= 15 is 0 Å². The van der Waals surface area contributed by atoms with Crippen molar-refractivity contribution < 1.29 is 14.3 Å². The normalized spacial score (nSPS) is 17.0. The van der Waals surface area contributed by atoms with Crippen molar-refractivity contribution in [3.63, 3.8) is 0 Å². The van der Waals surface area contributed by atoms with Crippen molar-refractivity contribution in [1.82, 2.24) is 14.3 Å². The van der Waals surface area contributed by atoms with Crippen LogP contribution >= 0.6 is 0 Å². The third-order valence-corrected chi connectivity index (χ3v) is 6.89. The van der Waals surface area contributed by atoms with E-state index in [0.29, 0.717) is 24.3 Å². The van der Waals surface area contributed by atoms with Gasteiger partial charge in [-0.1, -0.05) is 30.3 Å². The minimum absolute atomic E-state index is 0.00158. The van der Waals surface area contributed by atoms with E-state index < -0.39 is 5.56 Å². The summed E-state index contributed by atoms with van der Waals surface area (Å²) in [5, 5.41) is 0. The summed E-state index contributed by atoms with van der Waals surface area (Å²) in [5.41, 5.74) is 2.10. The quantitative estimate of drug-likeness (QED) is 0.492. The number of Topliss-reactive ketones (excluding diaryl/α,β-unsaturated/α-hetero) is 1. The van der Waals surface area contributed by atoms with Crippen LogP contribution in [0, 0.1) is 0 Å². The van der Waals surface area contributed by atoms with Gasteiger partial charge in [-0.05, 0) is 31.5 Å². The monoisotopic (exact) mass is 489 g/mol. The number of hydrogen-bond donors (Lipinski definition) is 0. The van der Waals surface area contributed by atoms with E-state index in [0.717, 1.165) is 50.3 Å². The number of hydrogen-bond acceptors (Lipinski definition) is 7. The van der Waals surface area contributed by atoms with Crippen LogP contribution in [0.2, 0.25) is 0 Å². The lowest BCUT2D eigenvalue weighted by molar-refractivity contribution is -0.119. The second-order valence-corrected chi connectivity index (χ2v) is 9.50. The average molecular weight is 490 g/mol. The molecule has 1 amide bonds. The van der Waals surface area contributed by atoms with Crippen molar-refractivity contribution in [1.29, 1.82) is 0 Å². The summed E-state index contributed by atoms with van der Waals surface area (Å²) in [6, 6.07) is 11.4. The fourth-order valence-electron chi connectivity index (χ4n) is 4.79. The third-order valence-electron chi connectivity index (χ3n) is 6.89. The van der Waals surface area contributed by atoms with Crippen LogP contribution in [-0.4, -0.2) is 65.7 Å². The number of rotatable bonds is 6. The Morgan fingerprint density at radius 1 is 1.03 bits per heavy atom. The summed E-state index contributed by atoms with van der Waals surface area (Å²) >= 11 is 0. The van der Waals surface area contributed by atoms with Gasteiger partial charge in [-0.2, -0.15) is 0 Å². The van der Waals surface area contributed by atoms with Crippen LogP contribution < -0.4 is 20.1 Å². The Balaban J connectivity index is 1.66. The summed E-state index contributed by atoms with van der Waals surface area (Å²) in [5.74, 6) is -0.436. The molecular formula is C27H31N5O4. The van der Waals surface area contributed by atoms with E-state index in [1.807, 2.05) is 36.4 Å². The number of carbonyl (C=O) groups is 2. The summed E-state index contributed by atoms with van der Waals surface area (Å²) in [6.07, 6.45) is 3.92. The second-order valence-electron chi connectivity index (χ2n) is 9.50. The van der Waals surface area contributed by atoms with Gasteiger partial charge in [-0.15, -0.1) is 0 Å². The fourth-order valence-corrected chi connectivity index (χ4v) is 4.79. The molecule has 2 aliphatic heterocycles. The maximum absolute atomic E-state index is 13.8. The number of benzene rings is 1. The molecule has 0 spiro atoms. The number of nitrogens with zero attached hydrogens (tertiary/aromatic N) is 5. The lowest BCUT2D eigenvalue weighted by Crippen LogP contribution is -2.45. The predicted molar refractivity (Wildman–Crippen MR) is 138 cm³/mol. The highest BCUT2D eigenvalue weighted by atomic mass is 16.5. The van der Waals surface area contributed by atoms with E-state index in [1.54, 1.807) is 11.1 Å². The van der Waals surface area contributed by atoms with Gasteiger partial charge in [-0.25, -0.2) is 4.98 Å². The zero-order chi connectivity index (χ0) is 25.2. The summed E-state index contributed by atoms with van der Waals surface area (Å²) in [7, 11) is 2.09. The lowest BCUT2D eigenvalue weighted by Gasteiger charge is -2.35. The van der Waals surface area contributed by atoms with Crippen molar-refractivity contribution in [2.75, 3.05) is 49.6 Å².